The van der Waals surface area contributed by atoms with Crippen LogP contribution in [-0.4, -0.2) is 51.2 Å². The van der Waals surface area contributed by atoms with Crippen molar-refractivity contribution >= 4 is 0 Å². The van der Waals surface area contributed by atoms with Crippen molar-refractivity contribution in [3.05, 3.63) is 113 Å². The van der Waals surface area contributed by atoms with Gasteiger partial charge >= 0.3 is 0 Å². The Bertz CT molecular complexity index is 2570. The molecule has 6 heteroatoms. The third-order valence-corrected chi connectivity index (χ3v) is 19.6. The summed E-state index contributed by atoms with van der Waals surface area (Å²) in [6, 6.07) is 31.8. The van der Waals surface area contributed by atoms with E-state index in [9.17, 15) is 10.2 Å². The zero-order valence-electron chi connectivity index (χ0n) is 42.4. The molecule has 15 rings (SSSR count). The number of phenols is 2. The number of aromatic hydroxyl groups is 2. The Hall–Kier alpha value is -3.57. The van der Waals surface area contributed by atoms with Crippen LogP contribution in [0.1, 0.15) is 159 Å². The second kappa shape index (κ2) is 16.7. The maximum Gasteiger partial charge on any atom is 0.127 e. The van der Waals surface area contributed by atoms with Crippen molar-refractivity contribution in [2.75, 3.05) is 26.2 Å². The summed E-state index contributed by atoms with van der Waals surface area (Å²) in [4.78, 5) is 11.1. The van der Waals surface area contributed by atoms with E-state index in [1.54, 1.807) is 0 Å². The number of fused-ring (bicyclic) bond motifs is 2. The van der Waals surface area contributed by atoms with Crippen LogP contribution in [0.15, 0.2) is 84.9 Å². The minimum Gasteiger partial charge on any atom is -0.507 e. The summed E-state index contributed by atoms with van der Waals surface area (Å²) in [5, 5.41) is 25.9. The smallest absolute Gasteiger partial charge is 0.127 e. The van der Waals surface area contributed by atoms with Crippen LogP contribution in [0.2, 0.25) is 0 Å². The molecule has 2 aliphatic heterocycles. The normalized spacial score (nSPS) is 32.9. The van der Waals surface area contributed by atoms with E-state index in [4.69, 9.17) is 4.98 Å². The number of phenolic OH excluding ortho intramolecular Hbond substituents is 2. The molecule has 2 N–H and O–H groups in total. The van der Waals surface area contributed by atoms with Crippen LogP contribution in [0.5, 0.6) is 11.5 Å². The Balaban J connectivity index is 0.00000492. The van der Waals surface area contributed by atoms with Gasteiger partial charge in [0, 0.05) is 85.8 Å². The first kappa shape index (κ1) is 46.5. The first-order chi connectivity index (χ1) is 32.6. The van der Waals surface area contributed by atoms with Crippen LogP contribution in [0, 0.1) is 35.5 Å². The average Bonchev–Trinajstić information content (AvgIpc) is 3.54. The maximum atomic E-state index is 12.9. The molecule has 10 bridgehead atoms. The van der Waals surface area contributed by atoms with Crippen molar-refractivity contribution < 1.29 is 36.4 Å². The molecular formula is C63H75N3O2Zr. The Morgan fingerprint density at radius 2 is 0.812 bits per heavy atom. The predicted molar refractivity (Wildman–Crippen MR) is 277 cm³/mol. The molecule has 10 fully saturated rings. The summed E-state index contributed by atoms with van der Waals surface area (Å²) < 4.78 is 0. The summed E-state index contributed by atoms with van der Waals surface area (Å²) in [5.74, 6) is 5.67. The summed E-state index contributed by atoms with van der Waals surface area (Å²) >= 11 is 0. The van der Waals surface area contributed by atoms with Gasteiger partial charge in [-0.15, -0.1) is 0 Å². The van der Waals surface area contributed by atoms with Gasteiger partial charge in [0.2, 0.25) is 0 Å². The number of nitrogens with zero attached hydrogens (tertiary/aromatic N) is 3. The number of hydrogen-bond acceptors (Lipinski definition) is 5. The maximum absolute atomic E-state index is 12.9. The van der Waals surface area contributed by atoms with Gasteiger partial charge in [-0.3, -0.25) is 9.80 Å². The van der Waals surface area contributed by atoms with E-state index in [1.165, 1.54) is 111 Å². The van der Waals surface area contributed by atoms with Crippen LogP contribution < -0.4 is 0 Å². The van der Waals surface area contributed by atoms with Gasteiger partial charge in [0.15, 0.2) is 0 Å². The monoisotopic (exact) mass is 995 g/mol. The molecule has 10 aliphatic rings. The molecule has 2 unspecified atom stereocenters. The van der Waals surface area contributed by atoms with E-state index in [0.29, 0.717) is 11.5 Å². The molecule has 5 nitrogen and oxygen atoms in total. The van der Waals surface area contributed by atoms with Gasteiger partial charge in [-0.05, 0) is 193 Å². The van der Waals surface area contributed by atoms with Gasteiger partial charge in [0.05, 0.1) is 17.6 Å². The SMILES string of the molecule is CC(C)(C)c1cc(-c2ccccc2-c2cc(C3N4CCCN3CC4)cc(-c3ccccc3-c3cc(C(C)(C)C)cc(C45CC6CC(CC(C6)C4)C5)c3O)n2)c(O)c(C23CC4CC(CC(C4)C2)C3)c1.[Zr]. The third-order valence-electron chi connectivity index (χ3n) is 19.6. The van der Waals surface area contributed by atoms with Gasteiger partial charge < -0.3 is 10.2 Å². The fourth-order valence-corrected chi connectivity index (χ4v) is 17.2. The molecule has 8 aliphatic carbocycles. The van der Waals surface area contributed by atoms with Crippen molar-refractivity contribution in [3.63, 3.8) is 0 Å². The largest absolute Gasteiger partial charge is 0.507 e. The van der Waals surface area contributed by atoms with E-state index >= 15 is 0 Å². The van der Waals surface area contributed by atoms with Gasteiger partial charge in [0.1, 0.15) is 11.5 Å². The fraction of sp³-hybridized carbons (Fsp3) is 0.540. The van der Waals surface area contributed by atoms with E-state index < -0.39 is 0 Å². The number of benzene rings is 4. The van der Waals surface area contributed by atoms with Gasteiger partial charge in [-0.1, -0.05) is 102 Å². The Morgan fingerprint density at radius 1 is 0.464 bits per heavy atom. The van der Waals surface area contributed by atoms with Crippen LogP contribution in [0.25, 0.3) is 44.8 Å². The zero-order chi connectivity index (χ0) is 46.5. The van der Waals surface area contributed by atoms with Crippen molar-refractivity contribution in [1.82, 2.24) is 14.8 Å². The Labute approximate surface area is 432 Å². The van der Waals surface area contributed by atoms with Gasteiger partial charge in [-0.25, -0.2) is 4.98 Å². The van der Waals surface area contributed by atoms with Gasteiger partial charge in [-0.2, -0.15) is 0 Å². The van der Waals surface area contributed by atoms with Gasteiger partial charge in [0.25, 0.3) is 0 Å². The summed E-state index contributed by atoms with van der Waals surface area (Å²) in [5.41, 5.74) is 14.2. The first-order valence-electron chi connectivity index (χ1n) is 27.1. The molecule has 8 saturated carbocycles. The van der Waals surface area contributed by atoms with Crippen molar-refractivity contribution in [3.8, 4) is 56.3 Å². The molecule has 0 amide bonds. The van der Waals surface area contributed by atoms with Crippen LogP contribution in [0.3, 0.4) is 0 Å². The third kappa shape index (κ3) is 7.80. The number of hydrogen-bond donors (Lipinski definition) is 2. The van der Waals surface area contributed by atoms with E-state index in [0.717, 1.165) is 106 Å². The summed E-state index contributed by atoms with van der Waals surface area (Å²) in [6.07, 6.45) is 16.9. The molecule has 2 atom stereocenters. The van der Waals surface area contributed by atoms with E-state index in [-0.39, 0.29) is 54.0 Å². The molecule has 3 heterocycles. The summed E-state index contributed by atoms with van der Waals surface area (Å²) in [7, 11) is 0. The molecule has 358 valence electrons. The molecule has 5 aromatic rings. The molecule has 0 radical (unpaired) electrons. The average molecular weight is 998 g/mol. The standard InChI is InChI=1S/C63H75N3O2.Zr/c1-60(2,3)45-28-51(57(67)53(30-45)62-32-38-20-39(33-62)22-40(21-38)34-62)47-12-7-9-14-49(47)55-26-44(59-65-16-11-17-66(59)19-18-65)27-56(64-55)50-15-10-8-13-48(50)52-29-46(61(4,5)6)31-54(58(52)68)63-35-41-23-42(36-63)25-43(24-41)37-63;/h7-10,12-15,26-31,38-43,59,67-68H,11,16-25,32-37H2,1-6H3;. The molecular weight excluding hydrogens is 922 g/mol. The van der Waals surface area contributed by atoms with E-state index in [2.05, 4.69) is 136 Å². The molecule has 69 heavy (non-hydrogen) atoms. The zero-order valence-corrected chi connectivity index (χ0v) is 44.8. The van der Waals surface area contributed by atoms with Crippen LogP contribution >= 0.6 is 0 Å². The minimum absolute atomic E-state index is 0. The molecule has 1 aromatic heterocycles. The second-order valence-corrected chi connectivity index (χ2v) is 26.3. The quantitative estimate of drug-likeness (QED) is 0.170. The molecule has 4 aromatic carbocycles. The predicted octanol–water partition coefficient (Wildman–Crippen LogP) is 14.7. The van der Waals surface area contributed by atoms with E-state index in [1.807, 2.05) is 0 Å². The fourth-order valence-electron chi connectivity index (χ4n) is 17.2. The number of pyridine rings is 1. The molecule has 0 spiro atoms. The first-order valence-corrected chi connectivity index (χ1v) is 27.1. The number of rotatable bonds is 7. The summed E-state index contributed by atoms with van der Waals surface area (Å²) in [6.45, 7) is 18.3. The minimum atomic E-state index is -0.0853. The topological polar surface area (TPSA) is 59.8 Å². The Morgan fingerprint density at radius 3 is 1.16 bits per heavy atom. The second-order valence-electron chi connectivity index (χ2n) is 26.3. The van der Waals surface area contributed by atoms with Crippen LogP contribution in [0.4, 0.5) is 0 Å². The number of aromatic nitrogens is 1. The van der Waals surface area contributed by atoms with Crippen LogP contribution in [-0.2, 0) is 47.9 Å². The van der Waals surface area contributed by atoms with Crippen molar-refractivity contribution in [2.45, 2.75) is 153 Å². The van der Waals surface area contributed by atoms with Crippen molar-refractivity contribution in [1.29, 1.82) is 0 Å². The Kier molecular flexibility index (Phi) is 11.3. The molecule has 2 saturated heterocycles. The van der Waals surface area contributed by atoms with Crippen molar-refractivity contribution in [2.24, 2.45) is 35.5 Å².